The Labute approximate surface area is 87.7 Å². The lowest BCUT2D eigenvalue weighted by Gasteiger charge is -1.97. The Morgan fingerprint density at radius 2 is 2.27 bits per heavy atom. The van der Waals surface area contributed by atoms with Crippen LogP contribution in [0, 0.1) is 0 Å². The molecule has 0 bridgehead atoms. The molecule has 0 radical (unpaired) electrons. The highest BCUT2D eigenvalue weighted by molar-refractivity contribution is 5.72. The van der Waals surface area contributed by atoms with E-state index in [1.54, 1.807) is 6.07 Å². The van der Waals surface area contributed by atoms with Crippen LogP contribution in [0.3, 0.4) is 0 Å². The third kappa shape index (κ3) is 2.24. The molecule has 0 fully saturated rings. The number of anilines is 1. The summed E-state index contributed by atoms with van der Waals surface area (Å²) in [6.45, 7) is 3.30. The van der Waals surface area contributed by atoms with Gasteiger partial charge in [-0.3, -0.25) is 0 Å². The predicted molar refractivity (Wildman–Crippen MR) is 58.2 cm³/mol. The summed E-state index contributed by atoms with van der Waals surface area (Å²) >= 11 is 0. The molecule has 0 aliphatic heterocycles. The number of hydrogen-bond acceptors (Lipinski definition) is 4. The van der Waals surface area contributed by atoms with Gasteiger partial charge in [0.25, 0.3) is 0 Å². The highest BCUT2D eigenvalue weighted by Gasteiger charge is 2.03. The normalized spacial score (nSPS) is 11.0. The van der Waals surface area contributed by atoms with Gasteiger partial charge in [-0.1, -0.05) is 6.92 Å². The minimum Gasteiger partial charge on any atom is -0.384 e. The van der Waals surface area contributed by atoms with Crippen LogP contribution >= 0.6 is 0 Å². The van der Waals surface area contributed by atoms with Crippen LogP contribution in [0.5, 0.6) is 0 Å². The fraction of sp³-hybridized carbons (Fsp3) is 0.400. The van der Waals surface area contributed by atoms with Crippen molar-refractivity contribution in [2.75, 3.05) is 12.3 Å². The van der Waals surface area contributed by atoms with E-state index in [2.05, 4.69) is 21.9 Å². The Kier molecular flexibility index (Phi) is 2.82. The number of hydrogen-bond donors (Lipinski definition) is 2. The minimum atomic E-state index is 0.482. The van der Waals surface area contributed by atoms with Crippen molar-refractivity contribution < 1.29 is 4.74 Å². The number of nitrogens with two attached hydrogens (primary N) is 1. The van der Waals surface area contributed by atoms with Gasteiger partial charge in [0.15, 0.2) is 5.65 Å². The second kappa shape index (κ2) is 4.27. The van der Waals surface area contributed by atoms with Gasteiger partial charge in [-0.05, 0) is 18.6 Å². The van der Waals surface area contributed by atoms with Crippen molar-refractivity contribution in [2.45, 2.75) is 20.0 Å². The summed E-state index contributed by atoms with van der Waals surface area (Å²) in [5, 5.41) is 0. The average Bonchev–Trinajstić information content (AvgIpc) is 2.60. The zero-order valence-electron chi connectivity index (χ0n) is 8.66. The van der Waals surface area contributed by atoms with E-state index in [0.29, 0.717) is 18.1 Å². The Morgan fingerprint density at radius 3 is 3.07 bits per heavy atom. The van der Waals surface area contributed by atoms with E-state index in [1.165, 1.54) is 0 Å². The standard InChI is InChI=1S/C10H14N4O/c1-2-5-15-6-9-12-7-3-4-8(11)13-10(7)14-9/h3-4H,2,5-6H2,1H3,(H3,11,12,13,14). The zero-order valence-corrected chi connectivity index (χ0v) is 8.66. The summed E-state index contributed by atoms with van der Waals surface area (Å²) in [5.74, 6) is 1.27. The van der Waals surface area contributed by atoms with E-state index in [9.17, 15) is 0 Å². The first-order chi connectivity index (χ1) is 7.29. The SMILES string of the molecule is CCCOCc1nc2nc(N)ccc2[nH]1. The smallest absolute Gasteiger partial charge is 0.179 e. The highest BCUT2D eigenvalue weighted by Crippen LogP contribution is 2.11. The van der Waals surface area contributed by atoms with Gasteiger partial charge >= 0.3 is 0 Å². The predicted octanol–water partition coefficient (Wildman–Crippen LogP) is 1.47. The van der Waals surface area contributed by atoms with Gasteiger partial charge in [0, 0.05) is 6.61 Å². The third-order valence-electron chi connectivity index (χ3n) is 2.00. The van der Waals surface area contributed by atoms with Gasteiger partial charge in [0.05, 0.1) is 5.52 Å². The van der Waals surface area contributed by atoms with Crippen LogP contribution in [-0.2, 0) is 11.3 Å². The molecule has 2 rings (SSSR count). The van der Waals surface area contributed by atoms with Crippen LogP contribution in [0.15, 0.2) is 12.1 Å². The van der Waals surface area contributed by atoms with Crippen molar-refractivity contribution in [3.8, 4) is 0 Å². The topological polar surface area (TPSA) is 76.8 Å². The van der Waals surface area contributed by atoms with Crippen molar-refractivity contribution in [3.63, 3.8) is 0 Å². The molecule has 0 aromatic carbocycles. The van der Waals surface area contributed by atoms with Crippen LogP contribution in [0.4, 0.5) is 5.82 Å². The first-order valence-electron chi connectivity index (χ1n) is 4.98. The van der Waals surface area contributed by atoms with E-state index >= 15 is 0 Å². The number of aromatic nitrogens is 3. The molecule has 2 heterocycles. The number of nitrogen functional groups attached to an aromatic ring is 1. The first kappa shape index (κ1) is 9.92. The lowest BCUT2D eigenvalue weighted by atomic mass is 10.4. The fourth-order valence-corrected chi connectivity index (χ4v) is 1.34. The number of nitrogens with zero attached hydrogens (tertiary/aromatic N) is 2. The van der Waals surface area contributed by atoms with E-state index in [4.69, 9.17) is 10.5 Å². The highest BCUT2D eigenvalue weighted by atomic mass is 16.5. The van der Waals surface area contributed by atoms with Crippen molar-refractivity contribution in [1.82, 2.24) is 15.0 Å². The number of aromatic amines is 1. The van der Waals surface area contributed by atoms with Crippen molar-refractivity contribution in [3.05, 3.63) is 18.0 Å². The second-order valence-corrected chi connectivity index (χ2v) is 3.34. The van der Waals surface area contributed by atoms with E-state index < -0.39 is 0 Å². The van der Waals surface area contributed by atoms with E-state index in [0.717, 1.165) is 24.4 Å². The molecular weight excluding hydrogens is 192 g/mol. The van der Waals surface area contributed by atoms with Crippen LogP contribution < -0.4 is 5.73 Å². The number of imidazole rings is 1. The lowest BCUT2D eigenvalue weighted by molar-refractivity contribution is 0.117. The van der Waals surface area contributed by atoms with Crippen molar-refractivity contribution in [2.24, 2.45) is 0 Å². The number of nitrogens with one attached hydrogen (secondary N) is 1. The molecule has 0 spiro atoms. The van der Waals surface area contributed by atoms with Gasteiger partial charge in [0.2, 0.25) is 0 Å². The summed E-state index contributed by atoms with van der Waals surface area (Å²) in [7, 11) is 0. The molecule has 15 heavy (non-hydrogen) atoms. The molecule has 0 unspecified atom stereocenters. The van der Waals surface area contributed by atoms with Crippen LogP contribution in [0.25, 0.3) is 11.2 Å². The Hall–Kier alpha value is -1.62. The van der Waals surface area contributed by atoms with E-state index in [-0.39, 0.29) is 0 Å². The lowest BCUT2D eigenvalue weighted by Crippen LogP contribution is -1.95. The molecule has 80 valence electrons. The summed E-state index contributed by atoms with van der Waals surface area (Å²) < 4.78 is 5.38. The molecule has 0 saturated heterocycles. The monoisotopic (exact) mass is 206 g/mol. The molecule has 0 aliphatic carbocycles. The Bertz CT molecular complexity index is 452. The number of H-pyrrole nitrogens is 1. The maximum atomic E-state index is 5.56. The first-order valence-corrected chi connectivity index (χ1v) is 4.98. The maximum Gasteiger partial charge on any atom is 0.179 e. The summed E-state index contributed by atoms with van der Waals surface area (Å²) in [6, 6.07) is 3.62. The molecule has 5 heteroatoms. The van der Waals surface area contributed by atoms with Crippen molar-refractivity contribution in [1.29, 1.82) is 0 Å². The largest absolute Gasteiger partial charge is 0.384 e. The average molecular weight is 206 g/mol. The molecular formula is C10H14N4O. The number of ether oxygens (including phenoxy) is 1. The van der Waals surface area contributed by atoms with Crippen LogP contribution in [-0.4, -0.2) is 21.6 Å². The number of pyridine rings is 1. The summed E-state index contributed by atoms with van der Waals surface area (Å²) in [6.07, 6.45) is 1.01. The molecule has 0 amide bonds. The fourth-order valence-electron chi connectivity index (χ4n) is 1.34. The van der Waals surface area contributed by atoms with Gasteiger partial charge in [-0.25, -0.2) is 9.97 Å². The van der Waals surface area contributed by atoms with Gasteiger partial charge in [0.1, 0.15) is 18.2 Å². The third-order valence-corrected chi connectivity index (χ3v) is 2.00. The van der Waals surface area contributed by atoms with Gasteiger partial charge < -0.3 is 15.5 Å². The number of rotatable bonds is 4. The Morgan fingerprint density at radius 1 is 1.40 bits per heavy atom. The Balaban J connectivity index is 2.16. The van der Waals surface area contributed by atoms with E-state index in [1.807, 2.05) is 6.07 Å². The van der Waals surface area contributed by atoms with Crippen LogP contribution in [0.2, 0.25) is 0 Å². The quantitative estimate of drug-likeness (QED) is 0.742. The van der Waals surface area contributed by atoms with Crippen molar-refractivity contribution >= 4 is 17.0 Å². The molecule has 3 N–H and O–H groups in total. The van der Waals surface area contributed by atoms with Crippen LogP contribution in [0.1, 0.15) is 19.2 Å². The number of fused-ring (bicyclic) bond motifs is 1. The maximum absolute atomic E-state index is 5.56. The molecule has 0 saturated carbocycles. The molecule has 0 aliphatic rings. The van der Waals surface area contributed by atoms with Gasteiger partial charge in [-0.2, -0.15) is 0 Å². The molecule has 0 atom stereocenters. The summed E-state index contributed by atoms with van der Waals surface area (Å²) in [5.41, 5.74) is 7.09. The second-order valence-electron chi connectivity index (χ2n) is 3.34. The molecule has 2 aromatic rings. The molecule has 5 nitrogen and oxygen atoms in total. The zero-order chi connectivity index (χ0) is 10.7. The minimum absolute atomic E-state index is 0.482. The summed E-state index contributed by atoms with van der Waals surface area (Å²) in [4.78, 5) is 11.5. The van der Waals surface area contributed by atoms with Gasteiger partial charge in [-0.15, -0.1) is 0 Å². The molecule has 2 aromatic heterocycles.